The summed E-state index contributed by atoms with van der Waals surface area (Å²) in [7, 11) is 0. The van der Waals surface area contributed by atoms with Gasteiger partial charge in [0.05, 0.1) is 11.0 Å². The van der Waals surface area contributed by atoms with E-state index in [4.69, 9.17) is 4.98 Å². The first-order valence-corrected chi connectivity index (χ1v) is 6.86. The lowest BCUT2D eigenvalue weighted by atomic mass is 10.2. The molecule has 0 amide bonds. The summed E-state index contributed by atoms with van der Waals surface area (Å²) in [5.41, 5.74) is 3.05. The molecule has 20 heavy (non-hydrogen) atoms. The average molecular weight is 268 g/mol. The van der Waals surface area contributed by atoms with Gasteiger partial charge in [-0.1, -0.05) is 26.0 Å². The zero-order chi connectivity index (χ0) is 14.1. The molecule has 1 heterocycles. The maximum Gasteiger partial charge on any atom is 0.141 e. The summed E-state index contributed by atoms with van der Waals surface area (Å²) in [6.07, 6.45) is 0. The van der Waals surface area contributed by atoms with E-state index in [-0.39, 0.29) is 5.82 Å². The SMILES string of the molecule is CC(C)Cn1c(-c2ccc(F)cc2)nc2ccccc21. The van der Waals surface area contributed by atoms with Crippen molar-refractivity contribution in [1.29, 1.82) is 0 Å². The van der Waals surface area contributed by atoms with Crippen molar-refractivity contribution in [2.45, 2.75) is 20.4 Å². The first kappa shape index (κ1) is 12.9. The van der Waals surface area contributed by atoms with Crippen LogP contribution in [0.25, 0.3) is 22.4 Å². The second kappa shape index (κ2) is 5.08. The predicted octanol–water partition coefficient (Wildman–Crippen LogP) is 4.50. The Bertz CT molecular complexity index is 726. The van der Waals surface area contributed by atoms with E-state index in [0.29, 0.717) is 5.92 Å². The van der Waals surface area contributed by atoms with Crippen molar-refractivity contribution in [3.63, 3.8) is 0 Å². The highest BCUT2D eigenvalue weighted by atomic mass is 19.1. The third kappa shape index (κ3) is 2.31. The normalized spacial score (nSPS) is 11.4. The van der Waals surface area contributed by atoms with Crippen molar-refractivity contribution in [3.8, 4) is 11.4 Å². The number of hydrogen-bond acceptors (Lipinski definition) is 1. The fraction of sp³-hybridized carbons (Fsp3) is 0.235. The molecule has 0 spiro atoms. The van der Waals surface area contributed by atoms with E-state index in [9.17, 15) is 4.39 Å². The number of halogens is 1. The average Bonchev–Trinajstić information content (AvgIpc) is 2.78. The van der Waals surface area contributed by atoms with Crippen LogP contribution in [0.15, 0.2) is 48.5 Å². The number of hydrogen-bond donors (Lipinski definition) is 0. The van der Waals surface area contributed by atoms with Crippen molar-refractivity contribution < 1.29 is 4.39 Å². The molecule has 0 atom stereocenters. The monoisotopic (exact) mass is 268 g/mol. The van der Waals surface area contributed by atoms with Crippen molar-refractivity contribution in [3.05, 3.63) is 54.3 Å². The molecular weight excluding hydrogens is 251 g/mol. The van der Waals surface area contributed by atoms with E-state index in [1.807, 2.05) is 18.2 Å². The summed E-state index contributed by atoms with van der Waals surface area (Å²) in [5.74, 6) is 1.20. The van der Waals surface area contributed by atoms with Gasteiger partial charge in [-0.2, -0.15) is 0 Å². The highest BCUT2D eigenvalue weighted by Gasteiger charge is 2.13. The van der Waals surface area contributed by atoms with Gasteiger partial charge in [0.2, 0.25) is 0 Å². The Morgan fingerprint density at radius 2 is 1.75 bits per heavy atom. The fourth-order valence-electron chi connectivity index (χ4n) is 2.44. The summed E-state index contributed by atoms with van der Waals surface area (Å²) >= 11 is 0. The molecule has 0 saturated heterocycles. The van der Waals surface area contributed by atoms with E-state index in [0.717, 1.165) is 29.0 Å². The van der Waals surface area contributed by atoms with Gasteiger partial charge in [-0.25, -0.2) is 9.37 Å². The van der Waals surface area contributed by atoms with E-state index >= 15 is 0 Å². The van der Waals surface area contributed by atoms with Gasteiger partial charge in [0.15, 0.2) is 0 Å². The molecule has 0 saturated carbocycles. The number of imidazole rings is 1. The number of fused-ring (bicyclic) bond motifs is 1. The van der Waals surface area contributed by atoms with Gasteiger partial charge in [-0.15, -0.1) is 0 Å². The molecule has 0 fully saturated rings. The maximum atomic E-state index is 13.1. The first-order chi connectivity index (χ1) is 9.65. The van der Waals surface area contributed by atoms with E-state index < -0.39 is 0 Å². The van der Waals surface area contributed by atoms with E-state index in [2.05, 4.69) is 24.5 Å². The summed E-state index contributed by atoms with van der Waals surface area (Å²) in [6, 6.07) is 14.6. The third-order valence-electron chi connectivity index (χ3n) is 3.30. The molecule has 3 heteroatoms. The van der Waals surface area contributed by atoms with Crippen molar-refractivity contribution >= 4 is 11.0 Å². The molecule has 0 unspecified atom stereocenters. The molecule has 0 aliphatic heterocycles. The number of rotatable bonds is 3. The maximum absolute atomic E-state index is 13.1. The van der Waals surface area contributed by atoms with Crippen LogP contribution in [0.2, 0.25) is 0 Å². The molecule has 0 N–H and O–H groups in total. The highest BCUT2D eigenvalue weighted by molar-refractivity contribution is 5.80. The Balaban J connectivity index is 2.20. The van der Waals surface area contributed by atoms with Gasteiger partial charge >= 0.3 is 0 Å². The minimum Gasteiger partial charge on any atom is -0.324 e. The third-order valence-corrected chi connectivity index (χ3v) is 3.30. The minimum atomic E-state index is -0.222. The van der Waals surface area contributed by atoms with Crippen LogP contribution in [0, 0.1) is 11.7 Å². The second-order valence-electron chi connectivity index (χ2n) is 5.44. The summed E-state index contributed by atoms with van der Waals surface area (Å²) < 4.78 is 15.3. The Labute approximate surface area is 117 Å². The highest BCUT2D eigenvalue weighted by Crippen LogP contribution is 2.25. The molecule has 2 aromatic carbocycles. The molecule has 0 aliphatic rings. The largest absolute Gasteiger partial charge is 0.324 e. The van der Waals surface area contributed by atoms with Gasteiger partial charge < -0.3 is 4.57 Å². The molecule has 0 bridgehead atoms. The first-order valence-electron chi connectivity index (χ1n) is 6.86. The van der Waals surface area contributed by atoms with Crippen LogP contribution < -0.4 is 0 Å². The zero-order valence-corrected chi connectivity index (χ0v) is 11.7. The quantitative estimate of drug-likeness (QED) is 0.684. The lowest BCUT2D eigenvalue weighted by Crippen LogP contribution is -2.06. The van der Waals surface area contributed by atoms with Crippen LogP contribution in [-0.4, -0.2) is 9.55 Å². The Morgan fingerprint density at radius 3 is 2.45 bits per heavy atom. The summed E-state index contributed by atoms with van der Waals surface area (Å²) in [6.45, 7) is 5.26. The van der Waals surface area contributed by atoms with Gasteiger partial charge in [0.1, 0.15) is 11.6 Å². The number of benzene rings is 2. The van der Waals surface area contributed by atoms with Crippen LogP contribution in [-0.2, 0) is 6.54 Å². The molecule has 1 aromatic heterocycles. The number of aromatic nitrogens is 2. The number of nitrogens with zero attached hydrogens (tertiary/aromatic N) is 2. The topological polar surface area (TPSA) is 17.8 Å². The molecule has 3 aromatic rings. The molecule has 0 radical (unpaired) electrons. The molecular formula is C17H17FN2. The Kier molecular flexibility index (Phi) is 3.26. The lowest BCUT2D eigenvalue weighted by molar-refractivity contribution is 0.536. The van der Waals surface area contributed by atoms with E-state index in [1.54, 1.807) is 12.1 Å². The Hall–Kier alpha value is -2.16. The fourth-order valence-corrected chi connectivity index (χ4v) is 2.44. The van der Waals surface area contributed by atoms with Crippen molar-refractivity contribution in [1.82, 2.24) is 9.55 Å². The van der Waals surface area contributed by atoms with Crippen molar-refractivity contribution in [2.75, 3.05) is 0 Å². The van der Waals surface area contributed by atoms with Gasteiger partial charge in [0.25, 0.3) is 0 Å². The molecule has 0 aliphatic carbocycles. The van der Waals surface area contributed by atoms with Gasteiger partial charge in [-0.3, -0.25) is 0 Å². The van der Waals surface area contributed by atoms with Crippen LogP contribution in [0.5, 0.6) is 0 Å². The van der Waals surface area contributed by atoms with Gasteiger partial charge in [-0.05, 0) is 42.3 Å². The number of para-hydroxylation sites is 2. The zero-order valence-electron chi connectivity index (χ0n) is 11.7. The summed E-state index contributed by atoms with van der Waals surface area (Å²) in [5, 5.41) is 0. The molecule has 2 nitrogen and oxygen atoms in total. The van der Waals surface area contributed by atoms with Gasteiger partial charge in [0, 0.05) is 12.1 Å². The van der Waals surface area contributed by atoms with Crippen LogP contribution in [0.4, 0.5) is 4.39 Å². The second-order valence-corrected chi connectivity index (χ2v) is 5.44. The lowest BCUT2D eigenvalue weighted by Gasteiger charge is -2.11. The Morgan fingerprint density at radius 1 is 1.05 bits per heavy atom. The van der Waals surface area contributed by atoms with Crippen LogP contribution in [0.3, 0.4) is 0 Å². The minimum absolute atomic E-state index is 0.222. The standard InChI is InChI=1S/C17H17FN2/c1-12(2)11-20-16-6-4-3-5-15(16)19-17(20)13-7-9-14(18)10-8-13/h3-10,12H,11H2,1-2H3. The smallest absolute Gasteiger partial charge is 0.141 e. The predicted molar refractivity (Wildman–Crippen MR) is 80.0 cm³/mol. The van der Waals surface area contributed by atoms with Crippen LogP contribution >= 0.6 is 0 Å². The summed E-state index contributed by atoms with van der Waals surface area (Å²) in [4.78, 5) is 4.71. The molecule has 102 valence electrons. The van der Waals surface area contributed by atoms with E-state index in [1.165, 1.54) is 12.1 Å². The van der Waals surface area contributed by atoms with Crippen LogP contribution in [0.1, 0.15) is 13.8 Å². The van der Waals surface area contributed by atoms with Crippen molar-refractivity contribution in [2.24, 2.45) is 5.92 Å². The molecule has 3 rings (SSSR count).